The van der Waals surface area contributed by atoms with Crippen molar-refractivity contribution in [2.45, 2.75) is 46.5 Å². The van der Waals surface area contributed by atoms with E-state index in [0.29, 0.717) is 0 Å². The number of hydrogen-bond acceptors (Lipinski definition) is 3. The summed E-state index contributed by atoms with van der Waals surface area (Å²) in [5, 5.41) is 10.0. The van der Waals surface area contributed by atoms with Crippen molar-refractivity contribution in [1.29, 1.82) is 0 Å². The normalized spacial score (nSPS) is 11.9. The van der Waals surface area contributed by atoms with Gasteiger partial charge in [-0.15, -0.1) is 11.3 Å². The highest BCUT2D eigenvalue weighted by molar-refractivity contribution is 7.09. The van der Waals surface area contributed by atoms with Gasteiger partial charge in [0, 0.05) is 37.6 Å². The fraction of sp³-hybridized carbons (Fsp3) is 0.733. The van der Waals surface area contributed by atoms with Crippen molar-refractivity contribution >= 4 is 17.3 Å². The molecule has 1 heterocycles. The van der Waals surface area contributed by atoms with Crippen LogP contribution >= 0.6 is 11.3 Å². The predicted octanol–water partition coefficient (Wildman–Crippen LogP) is 2.99. The van der Waals surface area contributed by atoms with Crippen LogP contribution in [0.4, 0.5) is 0 Å². The quantitative estimate of drug-likeness (QED) is 0.440. The van der Waals surface area contributed by atoms with Crippen LogP contribution in [0.25, 0.3) is 0 Å². The van der Waals surface area contributed by atoms with E-state index >= 15 is 0 Å². The summed E-state index contributed by atoms with van der Waals surface area (Å²) in [6.07, 6.45) is 4.57. The van der Waals surface area contributed by atoms with Gasteiger partial charge in [-0.05, 0) is 32.1 Å². The molecule has 0 saturated heterocycles. The van der Waals surface area contributed by atoms with E-state index in [9.17, 15) is 0 Å². The predicted molar refractivity (Wildman–Crippen MR) is 88.6 cm³/mol. The molecule has 5 heteroatoms. The number of aliphatic imine (C=N–C) groups is 1. The van der Waals surface area contributed by atoms with E-state index in [4.69, 9.17) is 0 Å². The Morgan fingerprint density at radius 1 is 1.30 bits per heavy atom. The maximum Gasteiger partial charge on any atom is 0.190 e. The van der Waals surface area contributed by atoms with Crippen molar-refractivity contribution in [3.8, 4) is 0 Å². The molecule has 2 N–H and O–H groups in total. The van der Waals surface area contributed by atoms with E-state index in [1.165, 1.54) is 17.8 Å². The number of rotatable bonds is 8. The van der Waals surface area contributed by atoms with Crippen molar-refractivity contribution in [3.63, 3.8) is 0 Å². The molecule has 114 valence electrons. The number of nitrogens with one attached hydrogen (secondary N) is 2. The first-order valence-electron chi connectivity index (χ1n) is 7.47. The zero-order valence-electron chi connectivity index (χ0n) is 13.2. The van der Waals surface area contributed by atoms with E-state index in [1.54, 1.807) is 11.3 Å². The summed E-state index contributed by atoms with van der Waals surface area (Å²) in [7, 11) is 1.82. The second-order valence-electron chi connectivity index (χ2n) is 5.45. The molecule has 1 rings (SSSR count). The molecule has 4 nitrogen and oxygen atoms in total. The molecule has 0 radical (unpaired) electrons. The van der Waals surface area contributed by atoms with Crippen molar-refractivity contribution in [2.24, 2.45) is 10.9 Å². The smallest absolute Gasteiger partial charge is 0.190 e. The summed E-state index contributed by atoms with van der Waals surface area (Å²) < 4.78 is 0. The molecule has 1 aromatic heterocycles. The Hall–Kier alpha value is -1.10. The van der Waals surface area contributed by atoms with Gasteiger partial charge in [0.2, 0.25) is 0 Å². The van der Waals surface area contributed by atoms with Crippen molar-refractivity contribution < 1.29 is 0 Å². The van der Waals surface area contributed by atoms with Crippen LogP contribution in [0.15, 0.2) is 10.4 Å². The van der Waals surface area contributed by atoms with Gasteiger partial charge in [0.25, 0.3) is 0 Å². The molecule has 0 amide bonds. The van der Waals surface area contributed by atoms with Gasteiger partial charge in [-0.3, -0.25) is 4.99 Å². The number of guanidine groups is 1. The molecular formula is C15H28N4S. The topological polar surface area (TPSA) is 49.3 Å². The Kier molecular flexibility index (Phi) is 8.26. The Labute approximate surface area is 127 Å². The fourth-order valence-corrected chi connectivity index (χ4v) is 2.72. The SMILES string of the molecule is CN=C(NCCCc1nc(C)cs1)NCCCC(C)C. The molecule has 0 unspecified atom stereocenters. The number of aryl methyl sites for hydroxylation is 2. The summed E-state index contributed by atoms with van der Waals surface area (Å²) in [6.45, 7) is 8.48. The lowest BCUT2D eigenvalue weighted by molar-refractivity contribution is 0.549. The van der Waals surface area contributed by atoms with E-state index in [-0.39, 0.29) is 0 Å². The molecule has 0 bridgehead atoms. The zero-order valence-corrected chi connectivity index (χ0v) is 14.0. The first kappa shape index (κ1) is 17.0. The Bertz CT molecular complexity index is 398. The summed E-state index contributed by atoms with van der Waals surface area (Å²) in [5.41, 5.74) is 1.13. The van der Waals surface area contributed by atoms with Gasteiger partial charge >= 0.3 is 0 Å². The van der Waals surface area contributed by atoms with Crippen LogP contribution in [-0.4, -0.2) is 31.1 Å². The second-order valence-corrected chi connectivity index (χ2v) is 6.39. The molecule has 0 aliphatic rings. The highest BCUT2D eigenvalue weighted by Crippen LogP contribution is 2.10. The first-order chi connectivity index (χ1) is 9.61. The molecule has 0 saturated carbocycles. The Morgan fingerprint density at radius 3 is 2.55 bits per heavy atom. The highest BCUT2D eigenvalue weighted by atomic mass is 32.1. The number of aromatic nitrogens is 1. The molecule has 0 aliphatic heterocycles. The summed E-state index contributed by atoms with van der Waals surface area (Å²) in [4.78, 5) is 8.70. The average Bonchev–Trinajstić information content (AvgIpc) is 2.82. The summed E-state index contributed by atoms with van der Waals surface area (Å²) in [6, 6.07) is 0. The van der Waals surface area contributed by atoms with E-state index < -0.39 is 0 Å². The van der Waals surface area contributed by atoms with Crippen molar-refractivity contribution in [1.82, 2.24) is 15.6 Å². The summed E-state index contributed by atoms with van der Waals surface area (Å²) >= 11 is 1.75. The molecule has 0 aromatic carbocycles. The minimum atomic E-state index is 0.772. The first-order valence-corrected chi connectivity index (χ1v) is 8.35. The molecule has 1 aromatic rings. The molecule has 0 fully saturated rings. The average molecular weight is 296 g/mol. The summed E-state index contributed by atoms with van der Waals surface area (Å²) in [5.74, 6) is 1.68. The highest BCUT2D eigenvalue weighted by Gasteiger charge is 2.00. The monoisotopic (exact) mass is 296 g/mol. The van der Waals surface area contributed by atoms with E-state index in [1.807, 2.05) is 14.0 Å². The molecule has 0 spiro atoms. The van der Waals surface area contributed by atoms with Crippen LogP contribution in [0.1, 0.15) is 43.8 Å². The van der Waals surface area contributed by atoms with Gasteiger partial charge in [0.15, 0.2) is 5.96 Å². The van der Waals surface area contributed by atoms with Gasteiger partial charge in [0.05, 0.1) is 5.01 Å². The van der Waals surface area contributed by atoms with E-state index in [2.05, 4.69) is 39.8 Å². The van der Waals surface area contributed by atoms with Gasteiger partial charge in [-0.2, -0.15) is 0 Å². The Morgan fingerprint density at radius 2 is 2.00 bits per heavy atom. The van der Waals surface area contributed by atoms with Gasteiger partial charge in [0.1, 0.15) is 0 Å². The van der Waals surface area contributed by atoms with Crippen molar-refractivity contribution in [2.75, 3.05) is 20.1 Å². The number of nitrogens with zero attached hydrogens (tertiary/aromatic N) is 2. The maximum atomic E-state index is 4.47. The third kappa shape index (κ3) is 7.48. The van der Waals surface area contributed by atoms with Gasteiger partial charge in [-0.1, -0.05) is 13.8 Å². The van der Waals surface area contributed by atoms with Crippen molar-refractivity contribution in [3.05, 3.63) is 16.1 Å². The largest absolute Gasteiger partial charge is 0.356 e. The van der Waals surface area contributed by atoms with Gasteiger partial charge in [-0.25, -0.2) is 4.98 Å². The standard InChI is InChI=1S/C15H28N4S/c1-12(2)7-5-9-17-15(16-4)18-10-6-8-14-19-13(3)11-20-14/h11-12H,5-10H2,1-4H3,(H2,16,17,18). The number of thiazole rings is 1. The van der Waals surface area contributed by atoms with Crippen LogP contribution in [0.2, 0.25) is 0 Å². The fourth-order valence-electron chi connectivity index (χ4n) is 1.90. The van der Waals surface area contributed by atoms with Crippen LogP contribution in [0.5, 0.6) is 0 Å². The molecule has 20 heavy (non-hydrogen) atoms. The maximum absolute atomic E-state index is 4.47. The lowest BCUT2D eigenvalue weighted by Crippen LogP contribution is -2.38. The van der Waals surface area contributed by atoms with E-state index in [0.717, 1.165) is 43.5 Å². The minimum Gasteiger partial charge on any atom is -0.356 e. The third-order valence-electron chi connectivity index (χ3n) is 3.00. The second kappa shape index (κ2) is 9.75. The van der Waals surface area contributed by atoms with Crippen LogP contribution in [0.3, 0.4) is 0 Å². The Balaban J connectivity index is 2.09. The third-order valence-corrected chi connectivity index (χ3v) is 4.03. The molecule has 0 atom stereocenters. The molecular weight excluding hydrogens is 268 g/mol. The number of hydrogen-bond donors (Lipinski definition) is 2. The molecule has 0 aliphatic carbocycles. The minimum absolute atomic E-state index is 0.772. The van der Waals surface area contributed by atoms with Crippen LogP contribution < -0.4 is 10.6 Å². The zero-order chi connectivity index (χ0) is 14.8. The lowest BCUT2D eigenvalue weighted by Gasteiger charge is -2.12. The van der Waals surface area contributed by atoms with Crippen LogP contribution in [-0.2, 0) is 6.42 Å². The van der Waals surface area contributed by atoms with Gasteiger partial charge < -0.3 is 10.6 Å². The lowest BCUT2D eigenvalue weighted by atomic mass is 10.1. The van der Waals surface area contributed by atoms with Crippen LogP contribution in [0, 0.1) is 12.8 Å².